The van der Waals surface area contributed by atoms with Crippen LogP contribution in [-0.2, 0) is 4.74 Å². The van der Waals surface area contributed by atoms with Crippen molar-refractivity contribution in [2.45, 2.75) is 64.3 Å². The second kappa shape index (κ2) is 4.63. The van der Waals surface area contributed by atoms with E-state index < -0.39 is 0 Å². The van der Waals surface area contributed by atoms with Gasteiger partial charge in [0.1, 0.15) is 0 Å². The fraction of sp³-hybridized carbons (Fsp3) is 0.929. The summed E-state index contributed by atoms with van der Waals surface area (Å²) in [6, 6.07) is 0.549. The molecule has 1 aliphatic carbocycles. The van der Waals surface area contributed by atoms with Crippen molar-refractivity contribution < 1.29 is 14.6 Å². The number of ether oxygens (including phenoxy) is 1. The van der Waals surface area contributed by atoms with Gasteiger partial charge in [0, 0.05) is 24.0 Å². The number of nitrogens with zero attached hydrogens (tertiary/aromatic N) is 1. The van der Waals surface area contributed by atoms with Crippen molar-refractivity contribution >= 4 is 6.09 Å². The van der Waals surface area contributed by atoms with Crippen LogP contribution < -0.4 is 5.32 Å². The van der Waals surface area contributed by atoms with Crippen LogP contribution >= 0.6 is 0 Å². The third kappa shape index (κ3) is 2.23. The predicted molar refractivity (Wildman–Crippen MR) is 72.9 cm³/mol. The Labute approximate surface area is 115 Å². The number of likely N-dealkylation sites (tertiary alicyclic amines) is 1. The summed E-state index contributed by atoms with van der Waals surface area (Å²) in [6.45, 7) is 9.01. The van der Waals surface area contributed by atoms with Gasteiger partial charge in [-0.05, 0) is 26.7 Å². The lowest BCUT2D eigenvalue weighted by molar-refractivity contribution is -0.0786. The maximum Gasteiger partial charge on any atom is 0.409 e. The minimum absolute atomic E-state index is 0.0885. The summed E-state index contributed by atoms with van der Waals surface area (Å²) in [7, 11) is 1.42. The Bertz CT molecular complexity index is 368. The van der Waals surface area contributed by atoms with Gasteiger partial charge >= 0.3 is 6.09 Å². The second-order valence-corrected chi connectivity index (χ2v) is 6.91. The van der Waals surface area contributed by atoms with E-state index in [4.69, 9.17) is 4.74 Å². The quantitative estimate of drug-likeness (QED) is 0.795. The molecule has 3 unspecified atom stereocenters. The van der Waals surface area contributed by atoms with Crippen LogP contribution in [0.15, 0.2) is 0 Å². The van der Waals surface area contributed by atoms with Gasteiger partial charge in [-0.15, -0.1) is 0 Å². The van der Waals surface area contributed by atoms with E-state index in [1.165, 1.54) is 7.11 Å². The molecule has 2 fully saturated rings. The van der Waals surface area contributed by atoms with Gasteiger partial charge in [-0.1, -0.05) is 13.8 Å². The van der Waals surface area contributed by atoms with Gasteiger partial charge in [-0.2, -0.15) is 0 Å². The van der Waals surface area contributed by atoms with Gasteiger partial charge in [0.15, 0.2) is 0 Å². The maximum absolute atomic E-state index is 11.8. The average Bonchev–Trinajstić information content (AvgIpc) is 2.63. The van der Waals surface area contributed by atoms with Crippen LogP contribution in [0.3, 0.4) is 0 Å². The third-order valence-corrected chi connectivity index (χ3v) is 5.20. The number of aliphatic hydroxyl groups is 1. The summed E-state index contributed by atoms with van der Waals surface area (Å²) in [5.74, 6) is 0. The minimum atomic E-state index is -0.262. The summed E-state index contributed by atoms with van der Waals surface area (Å²) >= 11 is 0. The zero-order valence-corrected chi connectivity index (χ0v) is 12.6. The highest BCUT2D eigenvalue weighted by atomic mass is 16.5. The molecular formula is C14H26N2O3. The molecule has 0 spiro atoms. The Balaban J connectivity index is 2.02. The van der Waals surface area contributed by atoms with E-state index in [0.29, 0.717) is 12.6 Å². The molecule has 1 heterocycles. The van der Waals surface area contributed by atoms with Gasteiger partial charge in [-0.25, -0.2) is 4.79 Å². The van der Waals surface area contributed by atoms with Crippen molar-refractivity contribution in [1.29, 1.82) is 0 Å². The van der Waals surface area contributed by atoms with E-state index in [9.17, 15) is 9.90 Å². The lowest BCUT2D eigenvalue weighted by Gasteiger charge is -2.52. The van der Waals surface area contributed by atoms with E-state index in [1.807, 2.05) is 0 Å². The number of amides is 1. The van der Waals surface area contributed by atoms with Gasteiger partial charge in [0.2, 0.25) is 0 Å². The van der Waals surface area contributed by atoms with Crippen molar-refractivity contribution in [3.05, 3.63) is 0 Å². The van der Waals surface area contributed by atoms with Crippen LogP contribution in [0.4, 0.5) is 4.79 Å². The monoisotopic (exact) mass is 270 g/mol. The summed E-state index contributed by atoms with van der Waals surface area (Å²) in [4.78, 5) is 13.5. The van der Waals surface area contributed by atoms with E-state index in [-0.39, 0.29) is 29.2 Å². The molecule has 19 heavy (non-hydrogen) atoms. The van der Waals surface area contributed by atoms with E-state index in [2.05, 4.69) is 33.0 Å². The molecule has 1 saturated heterocycles. The Morgan fingerprint density at radius 2 is 1.95 bits per heavy atom. The van der Waals surface area contributed by atoms with Crippen molar-refractivity contribution in [3.63, 3.8) is 0 Å². The molecule has 5 nitrogen and oxygen atoms in total. The Hall–Kier alpha value is -0.810. The Morgan fingerprint density at radius 1 is 1.32 bits per heavy atom. The van der Waals surface area contributed by atoms with Crippen LogP contribution in [0, 0.1) is 5.41 Å². The molecule has 2 aliphatic rings. The number of rotatable bonds is 2. The lowest BCUT2D eigenvalue weighted by Crippen LogP contribution is -2.65. The number of hydrogen-bond donors (Lipinski definition) is 2. The molecule has 110 valence electrons. The summed E-state index contributed by atoms with van der Waals surface area (Å²) in [5.41, 5.74) is -0.349. The zero-order chi connectivity index (χ0) is 14.4. The summed E-state index contributed by atoms with van der Waals surface area (Å²) in [6.07, 6.45) is 1.22. The second-order valence-electron chi connectivity index (χ2n) is 6.91. The first kappa shape index (κ1) is 14.6. The molecule has 5 heteroatoms. The first-order chi connectivity index (χ1) is 8.71. The molecule has 1 amide bonds. The van der Waals surface area contributed by atoms with Gasteiger partial charge < -0.3 is 20.1 Å². The number of nitrogens with one attached hydrogen (secondary N) is 1. The number of aliphatic hydroxyl groups excluding tert-OH is 1. The van der Waals surface area contributed by atoms with Crippen LogP contribution in [0.1, 0.15) is 40.5 Å². The highest BCUT2D eigenvalue weighted by Gasteiger charge is 2.51. The molecule has 1 saturated carbocycles. The van der Waals surface area contributed by atoms with Crippen molar-refractivity contribution in [2.75, 3.05) is 13.7 Å². The molecular weight excluding hydrogens is 244 g/mol. The first-order valence-electron chi connectivity index (χ1n) is 7.01. The smallest absolute Gasteiger partial charge is 0.409 e. The topological polar surface area (TPSA) is 61.8 Å². The normalized spacial score (nSPS) is 35.9. The van der Waals surface area contributed by atoms with Crippen LogP contribution in [-0.4, -0.2) is 53.5 Å². The van der Waals surface area contributed by atoms with Gasteiger partial charge in [-0.3, -0.25) is 0 Å². The van der Waals surface area contributed by atoms with Crippen molar-refractivity contribution in [2.24, 2.45) is 5.41 Å². The zero-order valence-electron chi connectivity index (χ0n) is 12.6. The molecule has 0 aromatic carbocycles. The van der Waals surface area contributed by atoms with Crippen molar-refractivity contribution in [3.8, 4) is 0 Å². The number of carbonyl (C=O) groups excluding carboxylic acids is 1. The first-order valence-corrected chi connectivity index (χ1v) is 7.01. The molecule has 0 aromatic rings. The fourth-order valence-electron chi connectivity index (χ4n) is 3.24. The number of hydrogen-bond acceptors (Lipinski definition) is 4. The van der Waals surface area contributed by atoms with Gasteiger partial charge in [0.05, 0.1) is 18.8 Å². The molecule has 1 aliphatic heterocycles. The SMILES string of the molecule is COC(=O)N1CCC(NC2CC(O)C2(C)C)C1(C)C. The van der Waals surface area contributed by atoms with Crippen LogP contribution in [0.2, 0.25) is 0 Å². The average molecular weight is 270 g/mol. The van der Waals surface area contributed by atoms with E-state index in [1.54, 1.807) is 4.90 Å². The van der Waals surface area contributed by atoms with Gasteiger partial charge in [0.25, 0.3) is 0 Å². The molecule has 2 rings (SSSR count). The summed E-state index contributed by atoms with van der Waals surface area (Å²) in [5, 5.41) is 13.4. The molecule has 0 radical (unpaired) electrons. The highest BCUT2D eigenvalue weighted by Crippen LogP contribution is 2.42. The number of methoxy groups -OCH3 is 1. The van der Waals surface area contributed by atoms with E-state index in [0.717, 1.165) is 12.8 Å². The minimum Gasteiger partial charge on any atom is -0.453 e. The van der Waals surface area contributed by atoms with E-state index >= 15 is 0 Å². The molecule has 0 aromatic heterocycles. The maximum atomic E-state index is 11.8. The van der Waals surface area contributed by atoms with Crippen LogP contribution in [0.25, 0.3) is 0 Å². The number of carbonyl (C=O) groups is 1. The lowest BCUT2D eigenvalue weighted by atomic mass is 9.64. The van der Waals surface area contributed by atoms with Crippen LogP contribution in [0.5, 0.6) is 0 Å². The third-order valence-electron chi connectivity index (χ3n) is 5.20. The molecule has 3 atom stereocenters. The fourth-order valence-corrected chi connectivity index (χ4v) is 3.24. The standard InChI is InChI=1S/C14H26N2O3/c1-13(2)10(8-11(13)17)15-9-6-7-16(12(18)19-5)14(9,3)4/h9-11,15,17H,6-8H2,1-5H3. The Kier molecular flexibility index (Phi) is 3.56. The molecule has 0 bridgehead atoms. The summed E-state index contributed by atoms with van der Waals surface area (Å²) < 4.78 is 4.84. The largest absolute Gasteiger partial charge is 0.453 e. The molecule has 2 N–H and O–H groups in total. The van der Waals surface area contributed by atoms with Crippen molar-refractivity contribution in [1.82, 2.24) is 10.2 Å². The predicted octanol–water partition coefficient (Wildman–Crippen LogP) is 1.35. The highest BCUT2D eigenvalue weighted by molar-refractivity contribution is 5.69. The Morgan fingerprint density at radius 3 is 2.42 bits per heavy atom.